The number of hydrogen-bond acceptors (Lipinski definition) is 3. The first-order valence-electron chi connectivity index (χ1n) is 7.32. The Hall–Kier alpha value is -2.07. The van der Waals surface area contributed by atoms with Gasteiger partial charge in [-0.25, -0.2) is 0 Å². The third kappa shape index (κ3) is 2.79. The van der Waals surface area contributed by atoms with E-state index < -0.39 is 0 Å². The van der Waals surface area contributed by atoms with Gasteiger partial charge in [0.2, 0.25) is 5.91 Å². The quantitative estimate of drug-likeness (QED) is 0.910. The van der Waals surface area contributed by atoms with Crippen LogP contribution in [-0.2, 0) is 4.79 Å². The molecular formula is C17H18ClN3O. The lowest BCUT2D eigenvalue weighted by Gasteiger charge is -2.39. The molecule has 2 atom stereocenters. The maximum atomic E-state index is 11.9. The first-order valence-corrected chi connectivity index (χ1v) is 7.70. The second-order valence-corrected chi connectivity index (χ2v) is 6.05. The molecule has 1 amide bonds. The summed E-state index contributed by atoms with van der Waals surface area (Å²) in [7, 11) is 0. The van der Waals surface area contributed by atoms with Crippen molar-refractivity contribution in [2.45, 2.75) is 32.4 Å². The van der Waals surface area contributed by atoms with Crippen LogP contribution in [-0.4, -0.2) is 16.9 Å². The molecule has 0 saturated carbocycles. The molecule has 114 valence electrons. The third-order valence-electron chi connectivity index (χ3n) is 4.00. The van der Waals surface area contributed by atoms with Crippen LogP contribution in [0.2, 0.25) is 5.02 Å². The van der Waals surface area contributed by atoms with Gasteiger partial charge in [-0.2, -0.15) is 0 Å². The van der Waals surface area contributed by atoms with E-state index in [4.69, 9.17) is 11.6 Å². The Morgan fingerprint density at radius 1 is 1.32 bits per heavy atom. The molecule has 1 aromatic heterocycles. The van der Waals surface area contributed by atoms with Crippen LogP contribution in [0, 0.1) is 0 Å². The fourth-order valence-electron chi connectivity index (χ4n) is 3.06. The summed E-state index contributed by atoms with van der Waals surface area (Å²) in [6.45, 7) is 3.68. The van der Waals surface area contributed by atoms with E-state index in [1.165, 1.54) is 0 Å². The predicted octanol–water partition coefficient (Wildman–Crippen LogP) is 4.03. The molecule has 0 saturated heterocycles. The second-order valence-electron chi connectivity index (χ2n) is 5.61. The normalized spacial score (nSPS) is 20.4. The van der Waals surface area contributed by atoms with Crippen LogP contribution in [0.15, 0.2) is 42.7 Å². The summed E-state index contributed by atoms with van der Waals surface area (Å²) in [6, 6.07) is 9.81. The number of halogens is 1. The van der Waals surface area contributed by atoms with Crippen molar-refractivity contribution in [2.75, 3.05) is 10.2 Å². The molecule has 2 unspecified atom stereocenters. The molecule has 1 aliphatic heterocycles. The van der Waals surface area contributed by atoms with E-state index in [0.29, 0.717) is 5.02 Å². The van der Waals surface area contributed by atoms with E-state index in [9.17, 15) is 4.79 Å². The summed E-state index contributed by atoms with van der Waals surface area (Å²) in [6.07, 6.45) is 4.40. The van der Waals surface area contributed by atoms with Crippen molar-refractivity contribution >= 4 is 28.9 Å². The minimum atomic E-state index is 0.0601. The van der Waals surface area contributed by atoms with E-state index >= 15 is 0 Å². The van der Waals surface area contributed by atoms with Crippen LogP contribution in [0.25, 0.3) is 0 Å². The maximum absolute atomic E-state index is 11.9. The van der Waals surface area contributed by atoms with Gasteiger partial charge in [0.25, 0.3) is 0 Å². The predicted molar refractivity (Wildman–Crippen MR) is 89.3 cm³/mol. The number of nitrogens with one attached hydrogen (secondary N) is 1. The summed E-state index contributed by atoms with van der Waals surface area (Å²) in [5.74, 6) is 0.0601. The molecule has 0 spiro atoms. The van der Waals surface area contributed by atoms with Crippen molar-refractivity contribution in [3.05, 3.63) is 53.3 Å². The monoisotopic (exact) mass is 315 g/mol. The van der Waals surface area contributed by atoms with Crippen LogP contribution in [0.1, 0.15) is 31.9 Å². The van der Waals surface area contributed by atoms with Crippen LogP contribution in [0.4, 0.5) is 11.4 Å². The van der Waals surface area contributed by atoms with Crippen molar-refractivity contribution in [2.24, 2.45) is 0 Å². The van der Waals surface area contributed by atoms with Crippen LogP contribution in [0.3, 0.4) is 0 Å². The van der Waals surface area contributed by atoms with Crippen LogP contribution in [0.5, 0.6) is 0 Å². The van der Waals surface area contributed by atoms with Gasteiger partial charge in [0, 0.05) is 41.6 Å². The highest BCUT2D eigenvalue weighted by molar-refractivity contribution is 6.30. The minimum Gasteiger partial charge on any atom is -0.378 e. The lowest BCUT2D eigenvalue weighted by Crippen LogP contribution is -2.43. The number of nitrogens with zero attached hydrogens (tertiary/aromatic N) is 2. The molecule has 4 nitrogen and oxygen atoms in total. The summed E-state index contributed by atoms with van der Waals surface area (Å²) in [4.78, 5) is 18.0. The molecule has 0 fully saturated rings. The summed E-state index contributed by atoms with van der Waals surface area (Å²) >= 11 is 5.93. The first kappa shape index (κ1) is 14.9. The smallest absolute Gasteiger partial charge is 0.224 e. The summed E-state index contributed by atoms with van der Waals surface area (Å²) in [5, 5.41) is 4.23. The van der Waals surface area contributed by atoms with Gasteiger partial charge < -0.3 is 10.2 Å². The fraction of sp³-hybridized carbons (Fsp3) is 0.294. The van der Waals surface area contributed by atoms with E-state index in [0.717, 1.165) is 23.4 Å². The SMILES string of the molecule is CC(=O)N1c2ccncc2C(Nc2ccc(Cl)cc2)CC1C. The van der Waals surface area contributed by atoms with Gasteiger partial charge in [-0.1, -0.05) is 11.6 Å². The molecule has 0 bridgehead atoms. The standard InChI is InChI=1S/C17H18ClN3O/c1-11-9-16(20-14-5-3-13(18)4-6-14)15-10-19-8-7-17(15)21(11)12(2)22/h3-8,10-11,16,20H,9H2,1-2H3. The Morgan fingerprint density at radius 2 is 2.05 bits per heavy atom. The third-order valence-corrected chi connectivity index (χ3v) is 4.26. The van der Waals surface area contributed by atoms with Gasteiger partial charge in [0.05, 0.1) is 11.7 Å². The molecule has 2 aromatic rings. The molecule has 1 aromatic carbocycles. The zero-order valence-electron chi connectivity index (χ0n) is 12.6. The van der Waals surface area contributed by atoms with Crippen molar-refractivity contribution in [1.29, 1.82) is 0 Å². The van der Waals surface area contributed by atoms with E-state index in [1.807, 2.05) is 41.4 Å². The molecule has 0 radical (unpaired) electrons. The number of carbonyl (C=O) groups excluding carboxylic acids is 1. The number of hydrogen-bond donors (Lipinski definition) is 1. The Bertz CT molecular complexity index is 687. The first-order chi connectivity index (χ1) is 10.6. The number of amides is 1. The van der Waals surface area contributed by atoms with E-state index in [1.54, 1.807) is 13.1 Å². The molecule has 5 heteroatoms. The molecule has 3 rings (SSSR count). The molecule has 1 aliphatic rings. The maximum Gasteiger partial charge on any atom is 0.224 e. The van der Waals surface area contributed by atoms with Gasteiger partial charge in [-0.3, -0.25) is 9.78 Å². The number of benzene rings is 1. The highest BCUT2D eigenvalue weighted by Gasteiger charge is 2.32. The number of anilines is 2. The Labute approximate surface area is 135 Å². The van der Waals surface area contributed by atoms with Crippen molar-refractivity contribution in [3.8, 4) is 0 Å². The second kappa shape index (κ2) is 5.97. The lowest BCUT2D eigenvalue weighted by atomic mass is 9.93. The average molecular weight is 316 g/mol. The molecule has 0 aliphatic carbocycles. The molecule has 1 N–H and O–H groups in total. The van der Waals surface area contributed by atoms with Crippen molar-refractivity contribution in [1.82, 2.24) is 4.98 Å². The number of fused-ring (bicyclic) bond motifs is 1. The summed E-state index contributed by atoms with van der Waals surface area (Å²) in [5.41, 5.74) is 2.99. The Balaban J connectivity index is 1.94. The minimum absolute atomic E-state index is 0.0601. The van der Waals surface area contributed by atoms with Gasteiger partial charge in [0.15, 0.2) is 0 Å². The van der Waals surface area contributed by atoms with Gasteiger partial charge >= 0.3 is 0 Å². The molecule has 22 heavy (non-hydrogen) atoms. The topological polar surface area (TPSA) is 45.2 Å². The van der Waals surface area contributed by atoms with Crippen molar-refractivity contribution < 1.29 is 4.79 Å². The average Bonchev–Trinajstić information content (AvgIpc) is 2.49. The number of pyridine rings is 1. The zero-order chi connectivity index (χ0) is 15.7. The van der Waals surface area contributed by atoms with Crippen molar-refractivity contribution in [3.63, 3.8) is 0 Å². The molecular weight excluding hydrogens is 298 g/mol. The van der Waals surface area contributed by atoms with Crippen LogP contribution < -0.4 is 10.2 Å². The zero-order valence-corrected chi connectivity index (χ0v) is 13.3. The molecule has 2 heterocycles. The Kier molecular flexibility index (Phi) is 4.03. The highest BCUT2D eigenvalue weighted by Crippen LogP contribution is 2.38. The van der Waals surface area contributed by atoms with E-state index in [2.05, 4.69) is 17.2 Å². The van der Waals surface area contributed by atoms with Gasteiger partial charge in [0.1, 0.15) is 0 Å². The van der Waals surface area contributed by atoms with Gasteiger partial charge in [-0.05, 0) is 43.7 Å². The summed E-state index contributed by atoms with van der Waals surface area (Å²) < 4.78 is 0. The highest BCUT2D eigenvalue weighted by atomic mass is 35.5. The lowest BCUT2D eigenvalue weighted by molar-refractivity contribution is -0.117. The fourth-order valence-corrected chi connectivity index (χ4v) is 3.19. The van der Waals surface area contributed by atoms with Crippen LogP contribution >= 0.6 is 11.6 Å². The number of aromatic nitrogens is 1. The Morgan fingerprint density at radius 3 is 2.73 bits per heavy atom. The van der Waals surface area contributed by atoms with E-state index in [-0.39, 0.29) is 18.0 Å². The number of rotatable bonds is 2. The van der Waals surface area contributed by atoms with Gasteiger partial charge in [-0.15, -0.1) is 0 Å². The number of carbonyl (C=O) groups is 1. The largest absolute Gasteiger partial charge is 0.378 e.